The van der Waals surface area contributed by atoms with Crippen LogP contribution < -0.4 is 5.32 Å². The Morgan fingerprint density at radius 3 is 0.986 bits per heavy atom. The first-order chi connectivity index (χ1) is 35.3. The summed E-state index contributed by atoms with van der Waals surface area (Å²) in [5.41, 5.74) is 0. The third kappa shape index (κ3) is 42.3. The monoisotopic (exact) mass is 1020 g/mol. The lowest BCUT2D eigenvalue weighted by molar-refractivity contribution is -0.302. The average molecular weight is 1020 g/mol. The molecule has 1 rings (SSSR count). The second-order valence-corrected chi connectivity index (χ2v) is 22.9. The summed E-state index contributed by atoms with van der Waals surface area (Å²) >= 11 is 0. The van der Waals surface area contributed by atoms with Gasteiger partial charge in [0.1, 0.15) is 24.4 Å². The van der Waals surface area contributed by atoms with Crippen molar-refractivity contribution in [1.82, 2.24) is 5.32 Å². The number of amides is 1. The number of rotatable bonds is 57. The summed E-state index contributed by atoms with van der Waals surface area (Å²) in [6, 6.07) is -0.714. The summed E-state index contributed by atoms with van der Waals surface area (Å²) in [6.07, 6.45) is 58.8. The van der Waals surface area contributed by atoms with Crippen molar-refractivity contribution in [3.05, 3.63) is 0 Å². The van der Waals surface area contributed by atoms with Crippen molar-refractivity contribution in [2.24, 2.45) is 0 Å². The van der Waals surface area contributed by atoms with E-state index in [0.29, 0.717) is 12.8 Å². The second kappa shape index (κ2) is 53.6. The van der Waals surface area contributed by atoms with Gasteiger partial charge in [-0.2, -0.15) is 0 Å². The van der Waals surface area contributed by atoms with Crippen molar-refractivity contribution >= 4 is 5.91 Å². The van der Waals surface area contributed by atoms with E-state index in [0.717, 1.165) is 38.5 Å². The number of aliphatic hydroxyl groups is 5. The largest absolute Gasteiger partial charge is 0.394 e. The van der Waals surface area contributed by atoms with E-state index in [4.69, 9.17) is 9.47 Å². The fourth-order valence-corrected chi connectivity index (χ4v) is 10.9. The lowest BCUT2D eigenvalue weighted by Gasteiger charge is -2.40. The molecule has 1 amide bonds. The Morgan fingerprint density at radius 2 is 0.694 bits per heavy atom. The van der Waals surface area contributed by atoms with Crippen LogP contribution in [0.1, 0.15) is 341 Å². The molecular weight excluding hydrogens is 899 g/mol. The summed E-state index contributed by atoms with van der Waals surface area (Å²) in [6.45, 7) is 3.89. The number of aliphatic hydroxyl groups excluding tert-OH is 5. The summed E-state index contributed by atoms with van der Waals surface area (Å²) in [4.78, 5) is 13.1. The van der Waals surface area contributed by atoms with Crippen LogP contribution in [0.5, 0.6) is 0 Å². The fraction of sp³-hybridized carbons (Fsp3) is 0.984. The molecule has 9 heteroatoms. The number of nitrogens with one attached hydrogen (secondary N) is 1. The topological polar surface area (TPSA) is 149 Å². The minimum absolute atomic E-state index is 0.131. The molecule has 0 bridgehead atoms. The number of carbonyl (C=O) groups is 1. The molecule has 1 heterocycles. The van der Waals surface area contributed by atoms with Crippen LogP contribution in [0.15, 0.2) is 0 Å². The van der Waals surface area contributed by atoms with E-state index in [1.165, 1.54) is 276 Å². The van der Waals surface area contributed by atoms with Gasteiger partial charge in [-0.05, 0) is 12.8 Å². The number of ether oxygens (including phenoxy) is 2. The average Bonchev–Trinajstić information content (AvgIpc) is 3.38. The van der Waals surface area contributed by atoms with Crippen LogP contribution in [0.2, 0.25) is 0 Å². The molecule has 1 saturated heterocycles. The van der Waals surface area contributed by atoms with Crippen LogP contribution in [0.25, 0.3) is 0 Å². The molecule has 0 radical (unpaired) electrons. The molecule has 1 fully saturated rings. The van der Waals surface area contributed by atoms with E-state index in [-0.39, 0.29) is 12.5 Å². The Labute approximate surface area is 446 Å². The van der Waals surface area contributed by atoms with Crippen LogP contribution in [-0.4, -0.2) is 87.5 Å². The van der Waals surface area contributed by atoms with Crippen molar-refractivity contribution in [2.45, 2.75) is 384 Å². The van der Waals surface area contributed by atoms with Crippen molar-refractivity contribution < 1.29 is 39.8 Å². The molecule has 0 spiro atoms. The Hall–Kier alpha value is -0.810. The van der Waals surface area contributed by atoms with Gasteiger partial charge < -0.3 is 40.3 Å². The molecule has 0 aromatic heterocycles. The lowest BCUT2D eigenvalue weighted by atomic mass is 9.99. The molecule has 9 nitrogen and oxygen atoms in total. The van der Waals surface area contributed by atoms with E-state index in [1.54, 1.807) is 0 Å². The maximum Gasteiger partial charge on any atom is 0.220 e. The Bertz CT molecular complexity index is 1100. The van der Waals surface area contributed by atoms with Gasteiger partial charge in [0.2, 0.25) is 5.91 Å². The van der Waals surface area contributed by atoms with E-state index in [1.807, 2.05) is 0 Å². The Kier molecular flexibility index (Phi) is 51.5. The summed E-state index contributed by atoms with van der Waals surface area (Å²) in [5, 5.41) is 54.8. The van der Waals surface area contributed by atoms with Gasteiger partial charge >= 0.3 is 0 Å². The smallest absolute Gasteiger partial charge is 0.220 e. The summed E-state index contributed by atoms with van der Waals surface area (Å²) < 4.78 is 11.3. The number of carbonyl (C=O) groups excluding carboxylic acids is 1. The Balaban J connectivity index is 2.08. The van der Waals surface area contributed by atoms with Crippen molar-refractivity contribution in [1.29, 1.82) is 0 Å². The van der Waals surface area contributed by atoms with Gasteiger partial charge in [-0.25, -0.2) is 0 Å². The summed E-state index contributed by atoms with van der Waals surface area (Å²) in [5.74, 6) is -0.136. The van der Waals surface area contributed by atoms with Gasteiger partial charge in [-0.15, -0.1) is 0 Å². The van der Waals surface area contributed by atoms with Crippen LogP contribution in [0, 0.1) is 0 Å². The number of unbranched alkanes of at least 4 members (excludes halogenated alkanes) is 47. The van der Waals surface area contributed by atoms with Gasteiger partial charge in [0, 0.05) is 6.42 Å². The normalized spacial score (nSPS) is 19.0. The predicted molar refractivity (Wildman–Crippen MR) is 304 cm³/mol. The third-order valence-electron chi connectivity index (χ3n) is 16.0. The zero-order chi connectivity index (χ0) is 52.2. The molecule has 0 aromatic rings. The van der Waals surface area contributed by atoms with E-state index < -0.39 is 49.5 Å². The first-order valence-electron chi connectivity index (χ1n) is 32.2. The molecule has 0 aromatic carbocycles. The molecule has 7 unspecified atom stereocenters. The highest BCUT2D eigenvalue weighted by Crippen LogP contribution is 2.24. The number of hydrogen-bond donors (Lipinski definition) is 6. The standard InChI is InChI=1S/C63H125NO8/c1-3-5-7-9-11-13-15-17-19-21-22-23-24-25-26-27-28-29-30-31-32-33-34-35-36-37-38-40-42-44-46-48-50-52-57(66)56(55-71-63-62(70)61(69)60(68)58(54-65)72-63)64-59(67)53-51-49-47-45-43-41-39-20-18-16-14-12-10-8-6-4-2/h56-58,60-63,65-66,68-70H,3-55H2,1-2H3,(H,64,67). The van der Waals surface area contributed by atoms with E-state index in [9.17, 15) is 30.3 Å². The zero-order valence-corrected chi connectivity index (χ0v) is 48.0. The van der Waals surface area contributed by atoms with Crippen molar-refractivity contribution in [3.63, 3.8) is 0 Å². The predicted octanol–water partition coefficient (Wildman–Crippen LogP) is 16.6. The molecular formula is C63H125NO8. The van der Waals surface area contributed by atoms with Gasteiger partial charge in [0.25, 0.3) is 0 Å². The number of hydrogen-bond acceptors (Lipinski definition) is 8. The Morgan fingerprint density at radius 1 is 0.417 bits per heavy atom. The first kappa shape index (κ1) is 69.2. The van der Waals surface area contributed by atoms with Gasteiger partial charge in [0.15, 0.2) is 6.29 Å². The minimum Gasteiger partial charge on any atom is -0.394 e. The zero-order valence-electron chi connectivity index (χ0n) is 48.0. The van der Waals surface area contributed by atoms with Crippen molar-refractivity contribution in [3.8, 4) is 0 Å². The second-order valence-electron chi connectivity index (χ2n) is 22.9. The highest BCUT2D eigenvalue weighted by molar-refractivity contribution is 5.76. The fourth-order valence-electron chi connectivity index (χ4n) is 10.9. The third-order valence-corrected chi connectivity index (χ3v) is 16.0. The van der Waals surface area contributed by atoms with E-state index in [2.05, 4.69) is 19.2 Å². The molecule has 430 valence electrons. The highest BCUT2D eigenvalue weighted by atomic mass is 16.7. The SMILES string of the molecule is CCCCCCCCCCCCCCCCCCCCCCCCCCCCCCCCCCCC(O)C(COC1OC(CO)C(O)C(O)C1O)NC(=O)CCCCCCCCCCCCCCCCCC. The molecule has 7 atom stereocenters. The molecule has 0 saturated carbocycles. The maximum atomic E-state index is 13.1. The molecule has 72 heavy (non-hydrogen) atoms. The van der Waals surface area contributed by atoms with Crippen molar-refractivity contribution in [2.75, 3.05) is 13.2 Å². The van der Waals surface area contributed by atoms with Gasteiger partial charge in [-0.1, -0.05) is 322 Å². The van der Waals surface area contributed by atoms with E-state index >= 15 is 0 Å². The quantitative estimate of drug-likeness (QED) is 0.0330. The van der Waals surface area contributed by atoms with Crippen LogP contribution in [0.3, 0.4) is 0 Å². The van der Waals surface area contributed by atoms with Gasteiger partial charge in [-0.3, -0.25) is 4.79 Å². The maximum absolute atomic E-state index is 13.1. The molecule has 1 aliphatic heterocycles. The minimum atomic E-state index is -1.55. The first-order valence-corrected chi connectivity index (χ1v) is 32.2. The van der Waals surface area contributed by atoms with Crippen LogP contribution in [0.4, 0.5) is 0 Å². The molecule has 0 aliphatic carbocycles. The van der Waals surface area contributed by atoms with Crippen LogP contribution in [-0.2, 0) is 14.3 Å². The molecule has 6 N–H and O–H groups in total. The van der Waals surface area contributed by atoms with Crippen LogP contribution >= 0.6 is 0 Å². The highest BCUT2D eigenvalue weighted by Gasteiger charge is 2.44. The lowest BCUT2D eigenvalue weighted by Crippen LogP contribution is -2.60. The molecule has 1 aliphatic rings. The summed E-state index contributed by atoms with van der Waals surface area (Å²) in [7, 11) is 0. The van der Waals surface area contributed by atoms with Gasteiger partial charge in [0.05, 0.1) is 25.4 Å².